The molecular weight excluding hydrogens is 354 g/mol. The predicted molar refractivity (Wildman–Crippen MR) is 88.5 cm³/mol. The van der Waals surface area contributed by atoms with Crippen LogP contribution in [0.5, 0.6) is 0 Å². The van der Waals surface area contributed by atoms with Gasteiger partial charge in [0.05, 0.1) is 16.6 Å². The monoisotopic (exact) mass is 374 g/mol. The number of nitro benzene ring substituents is 1. The van der Waals surface area contributed by atoms with Crippen molar-refractivity contribution in [1.29, 1.82) is 0 Å². The van der Waals surface area contributed by atoms with Crippen LogP contribution in [0, 0.1) is 21.7 Å². The van der Waals surface area contributed by atoms with E-state index < -0.39 is 56.7 Å². The Balaban J connectivity index is 3.77. The number of benzene rings is 1. The number of hydrogen-bond acceptors (Lipinski definition) is 5. The van der Waals surface area contributed by atoms with Crippen LogP contribution in [0.4, 0.5) is 29.7 Å². The van der Waals surface area contributed by atoms with Crippen molar-refractivity contribution in [1.82, 2.24) is 0 Å². The Kier molecular flexibility index (Phi) is 5.60. The minimum Gasteiger partial charge on any atom is -0.464 e. The van der Waals surface area contributed by atoms with E-state index in [0.29, 0.717) is 6.07 Å². The van der Waals surface area contributed by atoms with Gasteiger partial charge in [-0.3, -0.25) is 10.1 Å². The molecule has 0 aliphatic heterocycles. The molecule has 0 spiro atoms. The van der Waals surface area contributed by atoms with Crippen LogP contribution in [0.15, 0.2) is 6.07 Å². The van der Waals surface area contributed by atoms with E-state index in [1.54, 1.807) is 0 Å². The van der Waals surface area contributed by atoms with Gasteiger partial charge in [0, 0.05) is 0 Å². The highest BCUT2D eigenvalue weighted by atomic mass is 19.1. The topological polar surface area (TPSA) is 110 Å². The lowest BCUT2D eigenvalue weighted by molar-refractivity contribution is -0.386. The van der Waals surface area contributed by atoms with Gasteiger partial charge in [-0.25, -0.2) is 18.4 Å². The third-order valence-corrected chi connectivity index (χ3v) is 3.11. The number of rotatable bonds is 2. The summed E-state index contributed by atoms with van der Waals surface area (Å²) in [4.78, 5) is 33.6. The van der Waals surface area contributed by atoms with Gasteiger partial charge in [0.2, 0.25) is 0 Å². The Morgan fingerprint density at radius 2 is 1.69 bits per heavy atom. The summed E-state index contributed by atoms with van der Waals surface area (Å²) in [6.07, 6.45) is -3.53. The van der Waals surface area contributed by atoms with Gasteiger partial charge in [-0.2, -0.15) is 4.90 Å². The Morgan fingerprint density at radius 3 is 2.04 bits per heavy atom. The van der Waals surface area contributed by atoms with Crippen LogP contribution in [-0.4, -0.2) is 27.8 Å². The van der Waals surface area contributed by atoms with Crippen molar-refractivity contribution >= 4 is 23.6 Å². The summed E-state index contributed by atoms with van der Waals surface area (Å²) in [5, 5.41) is 20.4. The van der Waals surface area contributed by atoms with Crippen LogP contribution in [0.25, 0.3) is 0 Å². The number of imide groups is 1. The molecular formula is C16H20F2N2O6. The molecule has 1 rings (SSSR count). The van der Waals surface area contributed by atoms with Crippen molar-refractivity contribution in [3.05, 3.63) is 33.4 Å². The molecule has 0 saturated carbocycles. The zero-order chi connectivity index (χ0) is 20.6. The molecule has 1 aromatic carbocycles. The van der Waals surface area contributed by atoms with Crippen molar-refractivity contribution in [2.24, 2.45) is 0 Å². The highest BCUT2D eigenvalue weighted by Crippen LogP contribution is 2.40. The molecule has 0 atom stereocenters. The van der Waals surface area contributed by atoms with Gasteiger partial charge in [-0.1, -0.05) is 20.8 Å². The van der Waals surface area contributed by atoms with Gasteiger partial charge in [0.25, 0.3) is 5.69 Å². The average Bonchev–Trinajstić information content (AvgIpc) is 2.37. The van der Waals surface area contributed by atoms with E-state index >= 15 is 0 Å². The lowest BCUT2D eigenvalue weighted by Gasteiger charge is -2.27. The molecule has 2 amide bonds. The molecule has 8 nitrogen and oxygen atoms in total. The van der Waals surface area contributed by atoms with E-state index in [4.69, 9.17) is 4.74 Å². The SMILES string of the molecule is CC(C)(C)OC(=O)N(C(=O)O)c1c(F)cc([N+](=O)[O-])c(C(C)(C)C)c1F. The first-order chi connectivity index (χ1) is 11.6. The van der Waals surface area contributed by atoms with E-state index in [-0.39, 0.29) is 4.90 Å². The number of halogens is 2. The fourth-order valence-electron chi connectivity index (χ4n) is 2.23. The molecule has 1 N–H and O–H groups in total. The molecule has 0 aliphatic carbocycles. The standard InChI is InChI=1S/C16H20F2N2O6/c1-15(2,3)10-9(20(24)25)7-8(17)12(11(10)18)19(13(21)22)14(23)26-16(4,5)6/h7H,1-6H3,(H,21,22). The number of carbonyl (C=O) groups is 2. The minimum atomic E-state index is -1.99. The van der Waals surface area contributed by atoms with Gasteiger partial charge in [0.1, 0.15) is 11.3 Å². The van der Waals surface area contributed by atoms with E-state index in [9.17, 15) is 33.6 Å². The van der Waals surface area contributed by atoms with Crippen LogP contribution < -0.4 is 4.90 Å². The number of amides is 2. The number of hydrogen-bond donors (Lipinski definition) is 1. The number of nitrogens with zero attached hydrogens (tertiary/aromatic N) is 2. The molecule has 0 radical (unpaired) electrons. The molecule has 144 valence electrons. The van der Waals surface area contributed by atoms with E-state index in [2.05, 4.69) is 0 Å². The molecule has 0 bridgehead atoms. The molecule has 10 heteroatoms. The van der Waals surface area contributed by atoms with Crippen molar-refractivity contribution in [2.45, 2.75) is 52.6 Å². The third kappa shape index (κ3) is 4.44. The van der Waals surface area contributed by atoms with E-state index in [1.807, 2.05) is 0 Å². The number of carboxylic acid groups (broad SMARTS) is 1. The van der Waals surface area contributed by atoms with Crippen molar-refractivity contribution in [3.63, 3.8) is 0 Å². The predicted octanol–water partition coefficient (Wildman–Crippen LogP) is 4.59. The molecule has 1 aromatic rings. The molecule has 26 heavy (non-hydrogen) atoms. The summed E-state index contributed by atoms with van der Waals surface area (Å²) in [7, 11) is 0. The van der Waals surface area contributed by atoms with Crippen molar-refractivity contribution in [3.8, 4) is 0 Å². The highest BCUT2D eigenvalue weighted by Gasteiger charge is 2.39. The summed E-state index contributed by atoms with van der Waals surface area (Å²) < 4.78 is 34.3. The highest BCUT2D eigenvalue weighted by molar-refractivity contribution is 6.09. The normalized spacial score (nSPS) is 11.8. The first-order valence-electron chi connectivity index (χ1n) is 7.50. The van der Waals surface area contributed by atoms with Gasteiger partial charge < -0.3 is 9.84 Å². The Labute approximate surface area is 148 Å². The third-order valence-electron chi connectivity index (χ3n) is 3.11. The zero-order valence-corrected chi connectivity index (χ0v) is 15.2. The lowest BCUT2D eigenvalue weighted by atomic mass is 9.84. The Hall–Kier alpha value is -2.78. The molecule has 0 heterocycles. The summed E-state index contributed by atoms with van der Waals surface area (Å²) in [6, 6.07) is 0.388. The second kappa shape index (κ2) is 6.85. The Morgan fingerprint density at radius 1 is 1.19 bits per heavy atom. The number of anilines is 1. The molecule has 0 fully saturated rings. The average molecular weight is 374 g/mol. The number of carbonyl (C=O) groups excluding carboxylic acids is 1. The molecule has 0 aliphatic rings. The molecule has 0 aromatic heterocycles. The summed E-state index contributed by atoms with van der Waals surface area (Å²) in [6.45, 7) is 8.60. The summed E-state index contributed by atoms with van der Waals surface area (Å²) >= 11 is 0. The van der Waals surface area contributed by atoms with Gasteiger partial charge in [0.15, 0.2) is 11.6 Å². The summed E-state index contributed by atoms with van der Waals surface area (Å²) in [5.74, 6) is -3.09. The largest absolute Gasteiger partial charge is 0.464 e. The maximum atomic E-state index is 15.0. The quantitative estimate of drug-likeness (QED) is 0.599. The maximum Gasteiger partial charge on any atom is 0.424 e. The first kappa shape index (κ1) is 21.3. The second-order valence-corrected chi connectivity index (χ2v) is 7.52. The van der Waals surface area contributed by atoms with E-state index in [1.165, 1.54) is 41.5 Å². The molecule has 0 saturated heterocycles. The van der Waals surface area contributed by atoms with Gasteiger partial charge in [-0.05, 0) is 26.2 Å². The van der Waals surface area contributed by atoms with Crippen LogP contribution >= 0.6 is 0 Å². The number of nitro groups is 1. The van der Waals surface area contributed by atoms with Crippen LogP contribution in [-0.2, 0) is 10.2 Å². The zero-order valence-electron chi connectivity index (χ0n) is 15.2. The summed E-state index contributed by atoms with van der Waals surface area (Å²) in [5.41, 5.74) is -4.94. The van der Waals surface area contributed by atoms with E-state index in [0.717, 1.165) is 0 Å². The Bertz CT molecular complexity index is 765. The van der Waals surface area contributed by atoms with Crippen LogP contribution in [0.3, 0.4) is 0 Å². The van der Waals surface area contributed by atoms with Gasteiger partial charge in [-0.15, -0.1) is 0 Å². The molecule has 0 unspecified atom stereocenters. The lowest BCUT2D eigenvalue weighted by Crippen LogP contribution is -2.41. The smallest absolute Gasteiger partial charge is 0.424 e. The van der Waals surface area contributed by atoms with Crippen LogP contribution in [0.1, 0.15) is 47.1 Å². The van der Waals surface area contributed by atoms with Crippen molar-refractivity contribution in [2.75, 3.05) is 4.90 Å². The fourth-order valence-corrected chi connectivity index (χ4v) is 2.23. The minimum absolute atomic E-state index is 0.241. The fraction of sp³-hybridized carbons (Fsp3) is 0.500. The second-order valence-electron chi connectivity index (χ2n) is 7.52. The first-order valence-corrected chi connectivity index (χ1v) is 7.50. The van der Waals surface area contributed by atoms with Crippen LogP contribution in [0.2, 0.25) is 0 Å². The maximum absolute atomic E-state index is 15.0. The van der Waals surface area contributed by atoms with Gasteiger partial charge >= 0.3 is 12.2 Å². The van der Waals surface area contributed by atoms with Crippen molar-refractivity contribution < 1.29 is 33.1 Å². The number of ether oxygens (including phenoxy) is 1.